The van der Waals surface area contributed by atoms with Crippen LogP contribution in [-0.2, 0) is 0 Å². The molecule has 0 unspecified atom stereocenters. The van der Waals surface area contributed by atoms with E-state index in [4.69, 9.17) is 11.6 Å². The van der Waals surface area contributed by atoms with Crippen molar-refractivity contribution >= 4 is 22.9 Å². The predicted molar refractivity (Wildman–Crippen MR) is 80.5 cm³/mol. The number of halogens is 1. The monoisotopic (exact) mass is 286 g/mol. The van der Waals surface area contributed by atoms with Gasteiger partial charge in [-0.2, -0.15) is 0 Å². The van der Waals surface area contributed by atoms with E-state index in [0.29, 0.717) is 0 Å². The first kappa shape index (κ1) is 12.3. The second kappa shape index (κ2) is 5.11. The lowest BCUT2D eigenvalue weighted by atomic mass is 10.1. The van der Waals surface area contributed by atoms with Crippen LogP contribution in [0.2, 0.25) is 5.02 Å². The van der Waals surface area contributed by atoms with Crippen LogP contribution in [0.5, 0.6) is 0 Å². The topological polar surface area (TPSA) is 25.8 Å². The molecule has 3 aromatic rings. The SMILES string of the molecule is Cc1ccccc1-c1nnc(-c2ccc(Cl)cc2)s1. The van der Waals surface area contributed by atoms with Crippen LogP contribution in [-0.4, -0.2) is 10.2 Å². The summed E-state index contributed by atoms with van der Waals surface area (Å²) in [5.74, 6) is 0. The standard InChI is InChI=1S/C15H11ClN2S/c1-10-4-2-3-5-13(10)15-18-17-14(19-15)11-6-8-12(16)9-7-11/h2-9H,1H3. The van der Waals surface area contributed by atoms with Gasteiger partial charge in [0.25, 0.3) is 0 Å². The van der Waals surface area contributed by atoms with Gasteiger partial charge < -0.3 is 0 Å². The average molecular weight is 287 g/mol. The molecule has 19 heavy (non-hydrogen) atoms. The molecular formula is C15H11ClN2S. The fraction of sp³-hybridized carbons (Fsp3) is 0.0667. The van der Waals surface area contributed by atoms with E-state index in [9.17, 15) is 0 Å². The first-order chi connectivity index (χ1) is 9.24. The Morgan fingerprint density at radius 3 is 2.32 bits per heavy atom. The molecular weight excluding hydrogens is 276 g/mol. The quantitative estimate of drug-likeness (QED) is 0.674. The number of aromatic nitrogens is 2. The minimum absolute atomic E-state index is 0.729. The molecule has 2 aromatic carbocycles. The molecule has 0 aliphatic heterocycles. The fourth-order valence-corrected chi connectivity index (χ4v) is 2.92. The van der Waals surface area contributed by atoms with E-state index in [1.807, 2.05) is 36.4 Å². The van der Waals surface area contributed by atoms with E-state index in [2.05, 4.69) is 29.3 Å². The molecule has 2 nitrogen and oxygen atoms in total. The van der Waals surface area contributed by atoms with Crippen LogP contribution < -0.4 is 0 Å². The predicted octanol–water partition coefficient (Wildman–Crippen LogP) is 4.83. The third-order valence-electron chi connectivity index (χ3n) is 2.89. The number of hydrogen-bond donors (Lipinski definition) is 0. The highest BCUT2D eigenvalue weighted by Crippen LogP contribution is 2.31. The van der Waals surface area contributed by atoms with Crippen molar-refractivity contribution in [3.63, 3.8) is 0 Å². The van der Waals surface area contributed by atoms with Crippen molar-refractivity contribution in [3.05, 3.63) is 59.1 Å². The van der Waals surface area contributed by atoms with Crippen molar-refractivity contribution in [3.8, 4) is 21.1 Å². The van der Waals surface area contributed by atoms with Gasteiger partial charge in [-0.25, -0.2) is 0 Å². The molecule has 0 bridgehead atoms. The Morgan fingerprint density at radius 1 is 0.895 bits per heavy atom. The summed E-state index contributed by atoms with van der Waals surface area (Å²) >= 11 is 7.48. The smallest absolute Gasteiger partial charge is 0.138 e. The summed E-state index contributed by atoms with van der Waals surface area (Å²) in [6, 6.07) is 15.9. The van der Waals surface area contributed by atoms with Crippen LogP contribution in [0.15, 0.2) is 48.5 Å². The van der Waals surface area contributed by atoms with Crippen molar-refractivity contribution in [1.82, 2.24) is 10.2 Å². The summed E-state index contributed by atoms with van der Waals surface area (Å²) in [5.41, 5.74) is 3.39. The maximum absolute atomic E-state index is 5.89. The van der Waals surface area contributed by atoms with Gasteiger partial charge in [0, 0.05) is 16.1 Å². The molecule has 0 saturated carbocycles. The Bertz CT molecular complexity index is 704. The second-order valence-corrected chi connectivity index (χ2v) is 5.65. The van der Waals surface area contributed by atoms with Crippen molar-refractivity contribution in [2.45, 2.75) is 6.92 Å². The van der Waals surface area contributed by atoms with Crippen LogP contribution in [0.4, 0.5) is 0 Å². The van der Waals surface area contributed by atoms with E-state index in [1.165, 1.54) is 5.56 Å². The average Bonchev–Trinajstić information content (AvgIpc) is 2.89. The molecule has 0 spiro atoms. The molecule has 3 rings (SSSR count). The van der Waals surface area contributed by atoms with Gasteiger partial charge in [-0.15, -0.1) is 10.2 Å². The number of nitrogens with zero attached hydrogens (tertiary/aromatic N) is 2. The van der Waals surface area contributed by atoms with Crippen molar-refractivity contribution in [2.75, 3.05) is 0 Å². The van der Waals surface area contributed by atoms with E-state index < -0.39 is 0 Å². The molecule has 0 atom stereocenters. The highest BCUT2D eigenvalue weighted by molar-refractivity contribution is 7.17. The van der Waals surface area contributed by atoms with Gasteiger partial charge >= 0.3 is 0 Å². The van der Waals surface area contributed by atoms with E-state index in [1.54, 1.807) is 11.3 Å². The first-order valence-corrected chi connectivity index (χ1v) is 7.09. The lowest BCUT2D eigenvalue weighted by molar-refractivity contribution is 1.10. The molecule has 4 heteroatoms. The number of hydrogen-bond acceptors (Lipinski definition) is 3. The van der Waals surface area contributed by atoms with Gasteiger partial charge in [-0.3, -0.25) is 0 Å². The van der Waals surface area contributed by atoms with Gasteiger partial charge in [-0.1, -0.05) is 59.3 Å². The normalized spacial score (nSPS) is 10.6. The zero-order valence-corrected chi connectivity index (χ0v) is 11.9. The Hall–Kier alpha value is -1.71. The summed E-state index contributed by atoms with van der Waals surface area (Å²) in [6.45, 7) is 2.08. The zero-order valence-electron chi connectivity index (χ0n) is 10.3. The van der Waals surface area contributed by atoms with E-state index in [0.717, 1.165) is 26.2 Å². The van der Waals surface area contributed by atoms with Crippen molar-refractivity contribution in [2.24, 2.45) is 0 Å². The Kier molecular flexibility index (Phi) is 3.32. The van der Waals surface area contributed by atoms with Crippen LogP contribution in [0.1, 0.15) is 5.56 Å². The fourth-order valence-electron chi connectivity index (χ4n) is 1.85. The molecule has 0 fully saturated rings. The van der Waals surface area contributed by atoms with Gasteiger partial charge in [0.1, 0.15) is 10.0 Å². The molecule has 94 valence electrons. The van der Waals surface area contributed by atoms with Crippen molar-refractivity contribution in [1.29, 1.82) is 0 Å². The zero-order chi connectivity index (χ0) is 13.2. The van der Waals surface area contributed by atoms with E-state index >= 15 is 0 Å². The Balaban J connectivity index is 2.00. The van der Waals surface area contributed by atoms with Gasteiger partial charge in [0.05, 0.1) is 0 Å². The molecule has 0 aliphatic rings. The highest BCUT2D eigenvalue weighted by Gasteiger charge is 2.09. The maximum atomic E-state index is 5.89. The summed E-state index contributed by atoms with van der Waals surface area (Å²) in [7, 11) is 0. The second-order valence-electron chi connectivity index (χ2n) is 4.23. The lowest BCUT2D eigenvalue weighted by Crippen LogP contribution is -1.81. The van der Waals surface area contributed by atoms with Crippen LogP contribution >= 0.6 is 22.9 Å². The largest absolute Gasteiger partial charge is 0.148 e. The molecule has 0 saturated heterocycles. The first-order valence-electron chi connectivity index (χ1n) is 5.89. The number of benzene rings is 2. The summed E-state index contributed by atoms with van der Waals surface area (Å²) < 4.78 is 0. The molecule has 1 aromatic heterocycles. The summed E-state index contributed by atoms with van der Waals surface area (Å²) in [6.07, 6.45) is 0. The Morgan fingerprint density at radius 2 is 1.58 bits per heavy atom. The highest BCUT2D eigenvalue weighted by atomic mass is 35.5. The van der Waals surface area contributed by atoms with Crippen molar-refractivity contribution < 1.29 is 0 Å². The molecule has 0 radical (unpaired) electrons. The molecule has 0 amide bonds. The van der Waals surface area contributed by atoms with Gasteiger partial charge in [0.15, 0.2) is 0 Å². The van der Waals surface area contributed by atoms with Gasteiger partial charge in [-0.05, 0) is 24.6 Å². The lowest BCUT2D eigenvalue weighted by Gasteiger charge is -1.99. The van der Waals surface area contributed by atoms with Crippen LogP contribution in [0, 0.1) is 6.92 Å². The minimum Gasteiger partial charge on any atom is -0.138 e. The Labute approximate surface area is 120 Å². The number of rotatable bonds is 2. The third-order valence-corrected chi connectivity index (χ3v) is 4.15. The number of aryl methyl sites for hydroxylation is 1. The maximum Gasteiger partial charge on any atom is 0.148 e. The summed E-state index contributed by atoms with van der Waals surface area (Å²) in [4.78, 5) is 0. The van der Waals surface area contributed by atoms with Crippen LogP contribution in [0.3, 0.4) is 0 Å². The van der Waals surface area contributed by atoms with E-state index in [-0.39, 0.29) is 0 Å². The molecule has 1 heterocycles. The minimum atomic E-state index is 0.729. The third kappa shape index (κ3) is 2.53. The van der Waals surface area contributed by atoms with Crippen LogP contribution in [0.25, 0.3) is 21.1 Å². The molecule has 0 aliphatic carbocycles. The summed E-state index contributed by atoms with van der Waals surface area (Å²) in [5, 5.41) is 11.1. The molecule has 0 N–H and O–H groups in total. The van der Waals surface area contributed by atoms with Gasteiger partial charge in [0.2, 0.25) is 0 Å².